The fourth-order valence-corrected chi connectivity index (χ4v) is 1.06. The Kier molecular flexibility index (Phi) is 2.89. The van der Waals surface area contributed by atoms with Crippen molar-refractivity contribution >= 4 is 15.9 Å². The average molecular weight is 205 g/mol. The van der Waals surface area contributed by atoms with Crippen LogP contribution in [0.15, 0.2) is 16.9 Å². The molecule has 0 aliphatic carbocycles. The van der Waals surface area contributed by atoms with Crippen molar-refractivity contribution in [3.8, 4) is 0 Å². The van der Waals surface area contributed by atoms with Crippen molar-refractivity contribution in [2.45, 2.75) is 13.0 Å². The molecule has 0 atom stereocenters. The Morgan fingerprint density at radius 2 is 2.50 bits per heavy atom. The molecule has 0 saturated heterocycles. The summed E-state index contributed by atoms with van der Waals surface area (Å²) in [7, 11) is 0. The van der Waals surface area contributed by atoms with E-state index in [9.17, 15) is 0 Å². The Hall–Kier alpha value is -0.350. The van der Waals surface area contributed by atoms with Crippen LogP contribution >= 0.6 is 15.9 Å². The second kappa shape index (κ2) is 3.73. The van der Waals surface area contributed by atoms with Gasteiger partial charge < -0.3 is 5.73 Å². The van der Waals surface area contributed by atoms with E-state index in [4.69, 9.17) is 0 Å². The van der Waals surface area contributed by atoms with Crippen molar-refractivity contribution in [3.63, 3.8) is 0 Å². The highest BCUT2D eigenvalue weighted by molar-refractivity contribution is 9.10. The quantitative estimate of drug-likeness (QED) is 0.756. The summed E-state index contributed by atoms with van der Waals surface area (Å²) in [4.78, 5) is 0. The third-order valence-electron chi connectivity index (χ3n) is 1.24. The summed E-state index contributed by atoms with van der Waals surface area (Å²) in [5, 5.41) is 4.10. The van der Waals surface area contributed by atoms with Crippen molar-refractivity contribution < 1.29 is 5.73 Å². The lowest BCUT2D eigenvalue weighted by molar-refractivity contribution is -0.368. The summed E-state index contributed by atoms with van der Waals surface area (Å²) < 4.78 is 2.95. The third-order valence-corrected chi connectivity index (χ3v) is 1.65. The molecule has 0 unspecified atom stereocenters. The largest absolute Gasteiger partial charge is 0.358 e. The van der Waals surface area contributed by atoms with Gasteiger partial charge in [0.15, 0.2) is 0 Å². The maximum absolute atomic E-state index is 4.10. The van der Waals surface area contributed by atoms with Crippen LogP contribution in [0.3, 0.4) is 0 Å². The zero-order valence-electron chi connectivity index (χ0n) is 5.76. The zero-order valence-corrected chi connectivity index (χ0v) is 7.34. The van der Waals surface area contributed by atoms with E-state index >= 15 is 0 Å². The van der Waals surface area contributed by atoms with Gasteiger partial charge in [0.1, 0.15) is 0 Å². The molecule has 56 valence electrons. The normalized spacial score (nSPS) is 10.2. The van der Waals surface area contributed by atoms with Gasteiger partial charge in [0, 0.05) is 19.2 Å². The Morgan fingerprint density at radius 1 is 1.70 bits per heavy atom. The predicted octanol–water partition coefficient (Wildman–Crippen LogP) is 0.278. The van der Waals surface area contributed by atoms with Gasteiger partial charge in [0.05, 0.1) is 17.2 Å². The van der Waals surface area contributed by atoms with Crippen molar-refractivity contribution in [2.24, 2.45) is 0 Å². The van der Waals surface area contributed by atoms with Crippen LogP contribution in [0, 0.1) is 0 Å². The first kappa shape index (κ1) is 7.75. The van der Waals surface area contributed by atoms with Crippen molar-refractivity contribution in [2.75, 3.05) is 6.54 Å². The fraction of sp³-hybridized carbons (Fsp3) is 0.500. The molecule has 1 heterocycles. The fourth-order valence-electron chi connectivity index (χ4n) is 0.734. The second-order valence-corrected chi connectivity index (χ2v) is 3.04. The molecule has 0 saturated carbocycles. The van der Waals surface area contributed by atoms with E-state index in [0.717, 1.165) is 24.0 Å². The van der Waals surface area contributed by atoms with Crippen LogP contribution in [0.25, 0.3) is 0 Å². The number of aryl methyl sites for hydroxylation is 1. The van der Waals surface area contributed by atoms with Crippen LogP contribution in [-0.4, -0.2) is 16.3 Å². The monoisotopic (exact) mass is 204 g/mol. The highest BCUT2D eigenvalue weighted by Gasteiger charge is 1.92. The summed E-state index contributed by atoms with van der Waals surface area (Å²) in [6, 6.07) is 0. The number of hydrogen-bond acceptors (Lipinski definition) is 1. The average Bonchev–Trinajstić information content (AvgIpc) is 2.31. The first-order valence-corrected chi connectivity index (χ1v) is 4.09. The van der Waals surface area contributed by atoms with E-state index in [-0.39, 0.29) is 0 Å². The van der Waals surface area contributed by atoms with Crippen molar-refractivity contribution in [1.29, 1.82) is 0 Å². The molecule has 1 aromatic rings. The van der Waals surface area contributed by atoms with E-state index in [0.29, 0.717) is 0 Å². The minimum Gasteiger partial charge on any atom is -0.358 e. The highest BCUT2D eigenvalue weighted by atomic mass is 79.9. The van der Waals surface area contributed by atoms with Gasteiger partial charge in [-0.15, -0.1) is 0 Å². The van der Waals surface area contributed by atoms with Gasteiger partial charge >= 0.3 is 0 Å². The molecule has 10 heavy (non-hydrogen) atoms. The number of hydrogen-bond donors (Lipinski definition) is 1. The SMILES string of the molecule is [NH3+]CCCn1cc(Br)cn1. The molecule has 0 aliphatic rings. The lowest BCUT2D eigenvalue weighted by Crippen LogP contribution is -2.50. The van der Waals surface area contributed by atoms with Crippen LogP contribution in [0.4, 0.5) is 0 Å². The summed E-state index contributed by atoms with van der Waals surface area (Å²) >= 11 is 3.33. The lowest BCUT2D eigenvalue weighted by Gasteiger charge is -1.94. The smallest absolute Gasteiger partial charge is 0.0757 e. The molecular formula is C6H11BrN3+. The summed E-state index contributed by atoms with van der Waals surface area (Å²) in [6.45, 7) is 1.94. The summed E-state index contributed by atoms with van der Waals surface area (Å²) in [5.74, 6) is 0. The van der Waals surface area contributed by atoms with Crippen LogP contribution in [0.1, 0.15) is 6.42 Å². The zero-order chi connectivity index (χ0) is 7.40. The van der Waals surface area contributed by atoms with Crippen LogP contribution in [0.5, 0.6) is 0 Å². The molecule has 0 bridgehead atoms. The number of aromatic nitrogens is 2. The Bertz CT molecular complexity index is 197. The molecular weight excluding hydrogens is 194 g/mol. The molecule has 0 spiro atoms. The molecule has 0 fully saturated rings. The van der Waals surface area contributed by atoms with E-state index in [1.807, 2.05) is 10.9 Å². The number of halogens is 1. The molecule has 0 radical (unpaired) electrons. The van der Waals surface area contributed by atoms with E-state index in [1.165, 1.54) is 0 Å². The molecule has 0 aliphatic heterocycles. The van der Waals surface area contributed by atoms with Gasteiger partial charge in [0.25, 0.3) is 0 Å². The highest BCUT2D eigenvalue weighted by Crippen LogP contribution is 2.05. The van der Waals surface area contributed by atoms with Gasteiger partial charge in [-0.25, -0.2) is 0 Å². The summed E-state index contributed by atoms with van der Waals surface area (Å²) in [6.07, 6.45) is 4.85. The number of nitrogens with zero attached hydrogens (tertiary/aromatic N) is 2. The van der Waals surface area contributed by atoms with Crippen LogP contribution in [-0.2, 0) is 6.54 Å². The molecule has 1 aromatic heterocycles. The Morgan fingerprint density at radius 3 is 3.00 bits per heavy atom. The van der Waals surface area contributed by atoms with E-state index in [1.54, 1.807) is 6.20 Å². The van der Waals surface area contributed by atoms with Gasteiger partial charge in [-0.2, -0.15) is 5.10 Å². The second-order valence-electron chi connectivity index (χ2n) is 2.13. The van der Waals surface area contributed by atoms with Gasteiger partial charge in [-0.3, -0.25) is 4.68 Å². The molecule has 0 amide bonds. The van der Waals surface area contributed by atoms with E-state index in [2.05, 4.69) is 26.8 Å². The molecule has 3 N–H and O–H groups in total. The van der Waals surface area contributed by atoms with Gasteiger partial charge in [-0.1, -0.05) is 0 Å². The maximum atomic E-state index is 4.10. The maximum Gasteiger partial charge on any atom is 0.0757 e. The minimum atomic E-state index is 0.967. The topological polar surface area (TPSA) is 45.5 Å². The van der Waals surface area contributed by atoms with Crippen molar-refractivity contribution in [1.82, 2.24) is 9.78 Å². The van der Waals surface area contributed by atoms with Gasteiger partial charge in [-0.05, 0) is 15.9 Å². The molecule has 3 nitrogen and oxygen atoms in total. The Balaban J connectivity index is 2.42. The minimum absolute atomic E-state index is 0.967. The predicted molar refractivity (Wildman–Crippen MR) is 42.3 cm³/mol. The third kappa shape index (κ3) is 2.11. The molecule has 0 aromatic carbocycles. The van der Waals surface area contributed by atoms with E-state index < -0.39 is 0 Å². The first-order valence-electron chi connectivity index (χ1n) is 3.30. The lowest BCUT2D eigenvalue weighted by atomic mass is 10.4. The molecule has 1 rings (SSSR count). The van der Waals surface area contributed by atoms with Crippen LogP contribution in [0.2, 0.25) is 0 Å². The van der Waals surface area contributed by atoms with Gasteiger partial charge in [0.2, 0.25) is 0 Å². The standard InChI is InChI=1S/C6H10BrN3/c7-6-4-9-10(5-6)3-1-2-8/h4-5H,1-3,8H2/p+1. The number of rotatable bonds is 3. The van der Waals surface area contributed by atoms with Crippen molar-refractivity contribution in [3.05, 3.63) is 16.9 Å². The Labute approximate surface area is 68.3 Å². The molecule has 4 heteroatoms. The van der Waals surface area contributed by atoms with Crippen LogP contribution < -0.4 is 5.73 Å². The summed E-state index contributed by atoms with van der Waals surface area (Å²) in [5.41, 5.74) is 3.75. The first-order chi connectivity index (χ1) is 4.83. The number of quaternary nitrogens is 1.